The van der Waals surface area contributed by atoms with E-state index in [1.165, 1.54) is 4.90 Å². The molecule has 39 heavy (non-hydrogen) atoms. The zero-order valence-electron chi connectivity index (χ0n) is 22.3. The monoisotopic (exact) mass is 555 g/mol. The number of nitrogens with one attached hydrogen (secondary N) is 2. The van der Waals surface area contributed by atoms with Gasteiger partial charge in [0.1, 0.15) is 23.9 Å². The predicted octanol–water partition coefficient (Wildman–Crippen LogP) is 2.23. The number of likely N-dealkylation sites (tertiary alicyclic amines) is 1. The molecule has 2 aromatic carbocycles. The molecule has 1 aliphatic heterocycles. The molecule has 0 radical (unpaired) electrons. The van der Waals surface area contributed by atoms with Crippen molar-refractivity contribution in [3.8, 4) is 0 Å². The fourth-order valence-electron chi connectivity index (χ4n) is 4.38. The number of aliphatic hydroxyl groups is 1. The quantitative estimate of drug-likeness (QED) is 0.235. The number of rotatable bonds is 12. The lowest BCUT2D eigenvalue weighted by atomic mass is 9.97. The number of carbonyl (C=O) groups excluding carboxylic acids is 4. The summed E-state index contributed by atoms with van der Waals surface area (Å²) in [7, 11) is 0. The van der Waals surface area contributed by atoms with Crippen molar-refractivity contribution in [3.63, 3.8) is 0 Å². The Hall–Kier alpha value is -3.37. The molecule has 1 aliphatic rings. The third-order valence-corrected chi connectivity index (χ3v) is 7.47. The fraction of sp³-hybridized carbons (Fsp3) is 0.448. The molecule has 1 heterocycles. The molecule has 10 heteroatoms. The van der Waals surface area contributed by atoms with Gasteiger partial charge in [-0.25, -0.2) is 4.79 Å². The summed E-state index contributed by atoms with van der Waals surface area (Å²) in [4.78, 5) is 53.3. The summed E-state index contributed by atoms with van der Waals surface area (Å²) in [5.41, 5.74) is 1.70. The van der Waals surface area contributed by atoms with Crippen molar-refractivity contribution < 1.29 is 29.0 Å². The topological polar surface area (TPSA) is 125 Å². The molecule has 0 unspecified atom stereocenters. The van der Waals surface area contributed by atoms with Crippen LogP contribution in [0.25, 0.3) is 0 Å². The molecular formula is C29H37N3O6S. The van der Waals surface area contributed by atoms with Gasteiger partial charge in [-0.05, 0) is 29.9 Å². The van der Waals surface area contributed by atoms with E-state index < -0.39 is 47.1 Å². The van der Waals surface area contributed by atoms with Crippen LogP contribution in [0.1, 0.15) is 44.2 Å². The van der Waals surface area contributed by atoms with E-state index in [2.05, 4.69) is 23.3 Å². The van der Waals surface area contributed by atoms with Gasteiger partial charge in [-0.2, -0.15) is 12.6 Å². The van der Waals surface area contributed by atoms with Crippen LogP contribution in [0.2, 0.25) is 0 Å². The minimum absolute atomic E-state index is 0.103. The molecule has 1 saturated heterocycles. The molecule has 0 aromatic heterocycles. The molecule has 5 atom stereocenters. The lowest BCUT2D eigenvalue weighted by Gasteiger charge is -2.31. The maximum Gasteiger partial charge on any atom is 0.329 e. The Labute approximate surface area is 234 Å². The zero-order valence-corrected chi connectivity index (χ0v) is 23.2. The van der Waals surface area contributed by atoms with Crippen molar-refractivity contribution in [2.75, 3.05) is 6.54 Å². The van der Waals surface area contributed by atoms with Crippen molar-refractivity contribution in [2.45, 2.75) is 69.7 Å². The zero-order chi connectivity index (χ0) is 28.4. The van der Waals surface area contributed by atoms with Gasteiger partial charge in [0.15, 0.2) is 6.10 Å². The van der Waals surface area contributed by atoms with Crippen LogP contribution in [0.15, 0.2) is 60.7 Å². The van der Waals surface area contributed by atoms with Crippen LogP contribution < -0.4 is 10.6 Å². The Balaban J connectivity index is 1.61. The van der Waals surface area contributed by atoms with E-state index in [4.69, 9.17) is 4.74 Å². The van der Waals surface area contributed by atoms with Gasteiger partial charge < -0.3 is 25.4 Å². The van der Waals surface area contributed by atoms with Crippen molar-refractivity contribution in [1.82, 2.24) is 15.5 Å². The highest BCUT2D eigenvalue weighted by atomic mass is 32.1. The molecule has 9 nitrogen and oxygen atoms in total. The van der Waals surface area contributed by atoms with E-state index in [-0.39, 0.29) is 19.1 Å². The van der Waals surface area contributed by atoms with Gasteiger partial charge in [0.05, 0.1) is 0 Å². The number of amides is 3. The van der Waals surface area contributed by atoms with Gasteiger partial charge in [-0.3, -0.25) is 14.4 Å². The van der Waals surface area contributed by atoms with E-state index in [1.807, 2.05) is 67.6 Å². The van der Waals surface area contributed by atoms with Crippen LogP contribution in [-0.4, -0.2) is 63.7 Å². The Morgan fingerprint density at radius 1 is 1.03 bits per heavy atom. The highest BCUT2D eigenvalue weighted by Gasteiger charge is 2.41. The summed E-state index contributed by atoms with van der Waals surface area (Å²) >= 11 is 4.16. The van der Waals surface area contributed by atoms with Crippen molar-refractivity contribution in [3.05, 3.63) is 71.8 Å². The molecule has 3 amide bonds. The highest BCUT2D eigenvalue weighted by molar-refractivity contribution is 7.82. The van der Waals surface area contributed by atoms with Crippen molar-refractivity contribution in [1.29, 1.82) is 0 Å². The van der Waals surface area contributed by atoms with Crippen LogP contribution in [-0.2, 0) is 37.1 Å². The van der Waals surface area contributed by atoms with Crippen molar-refractivity contribution >= 4 is 36.3 Å². The molecule has 210 valence electrons. The molecule has 2 aromatic rings. The third-order valence-electron chi connectivity index (χ3n) is 6.95. The van der Waals surface area contributed by atoms with Crippen LogP contribution in [0.3, 0.4) is 0 Å². The molecule has 0 aliphatic carbocycles. The smallest absolute Gasteiger partial charge is 0.329 e. The SMILES string of the molecule is CC[C@H](C)[C@H](NC(=O)[C@@H](O)[C@@H](S)C(=O)NCc1ccccc1)C(=O)N1CCC[C@H]1C(=O)OCc1ccccc1. The number of carbonyl (C=O) groups is 4. The molecule has 0 bridgehead atoms. The Kier molecular flexibility index (Phi) is 11.4. The fourth-order valence-corrected chi connectivity index (χ4v) is 4.60. The van der Waals surface area contributed by atoms with Gasteiger partial charge in [0.2, 0.25) is 11.8 Å². The van der Waals surface area contributed by atoms with Gasteiger partial charge in [0, 0.05) is 13.1 Å². The molecular weight excluding hydrogens is 518 g/mol. The van der Waals surface area contributed by atoms with Crippen LogP contribution >= 0.6 is 12.6 Å². The summed E-state index contributed by atoms with van der Waals surface area (Å²) in [5.74, 6) is -2.71. The number of hydrogen-bond donors (Lipinski definition) is 4. The minimum atomic E-state index is -1.78. The number of thiol groups is 1. The van der Waals surface area contributed by atoms with Gasteiger partial charge in [-0.1, -0.05) is 80.9 Å². The second-order valence-corrected chi connectivity index (χ2v) is 10.3. The number of esters is 1. The van der Waals surface area contributed by atoms with Gasteiger partial charge >= 0.3 is 5.97 Å². The average Bonchev–Trinajstić information content (AvgIpc) is 3.47. The van der Waals surface area contributed by atoms with E-state index >= 15 is 0 Å². The summed E-state index contributed by atoms with van der Waals surface area (Å²) in [6.07, 6.45) is -0.135. The first-order valence-electron chi connectivity index (χ1n) is 13.2. The average molecular weight is 556 g/mol. The number of benzene rings is 2. The molecule has 1 fully saturated rings. The summed E-state index contributed by atoms with van der Waals surface area (Å²) < 4.78 is 5.48. The number of nitrogens with zero attached hydrogens (tertiary/aromatic N) is 1. The van der Waals surface area contributed by atoms with E-state index in [1.54, 1.807) is 6.92 Å². The lowest BCUT2D eigenvalue weighted by Crippen LogP contribution is -2.57. The minimum Gasteiger partial charge on any atom is -0.459 e. The van der Waals surface area contributed by atoms with Crippen molar-refractivity contribution in [2.24, 2.45) is 5.92 Å². The van der Waals surface area contributed by atoms with E-state index in [0.29, 0.717) is 25.8 Å². The van der Waals surface area contributed by atoms with Crippen LogP contribution in [0.5, 0.6) is 0 Å². The number of ether oxygens (including phenoxy) is 1. The number of aliphatic hydroxyl groups excluding tert-OH is 1. The highest BCUT2D eigenvalue weighted by Crippen LogP contribution is 2.23. The first kappa shape index (κ1) is 30.2. The maximum atomic E-state index is 13.6. The summed E-state index contributed by atoms with van der Waals surface area (Å²) in [6.45, 7) is 4.36. The third kappa shape index (κ3) is 8.31. The number of hydrogen-bond acceptors (Lipinski definition) is 7. The maximum absolute atomic E-state index is 13.6. The normalized spacial score (nSPS) is 17.9. The molecule has 0 spiro atoms. The Bertz CT molecular complexity index is 1120. The van der Waals surface area contributed by atoms with Crippen LogP contribution in [0.4, 0.5) is 0 Å². The molecule has 0 saturated carbocycles. The van der Waals surface area contributed by atoms with E-state index in [9.17, 15) is 24.3 Å². The Morgan fingerprint density at radius 3 is 2.26 bits per heavy atom. The predicted molar refractivity (Wildman–Crippen MR) is 149 cm³/mol. The van der Waals surface area contributed by atoms with Gasteiger partial charge in [0.25, 0.3) is 5.91 Å². The lowest BCUT2D eigenvalue weighted by molar-refractivity contribution is -0.155. The van der Waals surface area contributed by atoms with Gasteiger partial charge in [-0.15, -0.1) is 0 Å². The molecule has 3 N–H and O–H groups in total. The Morgan fingerprint density at radius 2 is 1.64 bits per heavy atom. The standard InChI is InChI=1S/C29H37N3O6S/c1-3-19(2)23(31-26(34)24(33)25(39)27(35)30-17-20-11-6-4-7-12-20)28(36)32-16-10-15-22(32)29(37)38-18-21-13-8-5-9-14-21/h4-9,11-14,19,22-25,33,39H,3,10,15-18H2,1-2H3,(H,30,35)(H,31,34)/t19-,22-,23-,24-,25+/m0/s1. The second kappa shape index (κ2) is 14.7. The first-order valence-corrected chi connectivity index (χ1v) is 13.7. The second-order valence-electron chi connectivity index (χ2n) is 9.75. The van der Waals surface area contributed by atoms with E-state index in [0.717, 1.165) is 11.1 Å². The summed E-state index contributed by atoms with van der Waals surface area (Å²) in [5, 5.41) is 14.5. The first-order chi connectivity index (χ1) is 18.7. The molecule has 3 rings (SSSR count). The summed E-state index contributed by atoms with van der Waals surface area (Å²) in [6, 6.07) is 16.7. The van der Waals surface area contributed by atoms with Crippen LogP contribution in [0, 0.1) is 5.92 Å². The largest absolute Gasteiger partial charge is 0.459 e.